The van der Waals surface area contributed by atoms with Crippen LogP contribution in [0.3, 0.4) is 0 Å². The Hall–Kier alpha value is -7.80. The molecule has 2 aromatic heterocycles. The molecule has 2 fully saturated rings. The number of hydrogen-bond donors (Lipinski definition) is 4. The van der Waals surface area contributed by atoms with Crippen LogP contribution in [-0.2, 0) is 24.3 Å². The molecule has 18 nitrogen and oxygen atoms in total. The Kier molecular flexibility index (Phi) is 13.4. The van der Waals surface area contributed by atoms with Crippen molar-refractivity contribution >= 4 is 84.5 Å². The maximum absolute atomic E-state index is 14.1. The number of hydrogen-bond acceptors (Lipinski definition) is 10. The molecule has 0 spiro atoms. The molecule has 2 saturated heterocycles. The first-order valence-electron chi connectivity index (χ1n) is 22.5. The molecule has 4 heterocycles. The number of aromatic amines is 2. The van der Waals surface area contributed by atoms with Gasteiger partial charge in [-0.1, -0.05) is 56.3 Å². The fourth-order valence-corrected chi connectivity index (χ4v) is 9.42. The van der Waals surface area contributed by atoms with E-state index in [0.29, 0.717) is 38.8 Å². The minimum atomic E-state index is -3.83. The molecule has 358 valence electrons. The number of ether oxygens (including phenoxy) is 1. The third kappa shape index (κ3) is 10.1. The smallest absolute Gasteiger partial charge is 0.411 e. The zero-order valence-corrected chi connectivity index (χ0v) is 39.5. The molecule has 0 radical (unpaired) electrons. The summed E-state index contributed by atoms with van der Waals surface area (Å²) in [6.07, 6.45) is 3.14. The number of piperazine rings is 2. The summed E-state index contributed by atoms with van der Waals surface area (Å²) >= 11 is 0. The highest BCUT2D eigenvalue weighted by Gasteiger charge is 2.36. The van der Waals surface area contributed by atoms with Crippen LogP contribution in [0.5, 0.6) is 0 Å². The van der Waals surface area contributed by atoms with E-state index in [1.165, 1.54) is 22.2 Å². The van der Waals surface area contributed by atoms with Gasteiger partial charge in [-0.2, -0.15) is 0 Å². The Morgan fingerprint density at radius 2 is 1.20 bits per heavy atom. The summed E-state index contributed by atoms with van der Waals surface area (Å²) in [5.74, 6) is -3.45. The van der Waals surface area contributed by atoms with Crippen LogP contribution in [-0.4, -0.2) is 143 Å². The molecule has 2 atom stereocenters. The topological polar surface area (TPSA) is 231 Å². The summed E-state index contributed by atoms with van der Waals surface area (Å²) < 4.78 is 32.9. The first-order valence-corrected chi connectivity index (χ1v) is 24.4. The van der Waals surface area contributed by atoms with Gasteiger partial charge >= 0.3 is 6.09 Å². The number of para-hydroxylation sites is 1. The number of fused-ring (bicyclic) bond motifs is 2. The summed E-state index contributed by atoms with van der Waals surface area (Å²) in [5, 5.41) is 3.40. The average Bonchev–Trinajstić information content (AvgIpc) is 3.98. The van der Waals surface area contributed by atoms with E-state index in [9.17, 15) is 42.0 Å². The molecule has 5 amide bonds. The van der Waals surface area contributed by atoms with Gasteiger partial charge in [-0.3, -0.25) is 38.8 Å². The molecule has 6 aromatic rings. The number of carbonyl (C=O) groups excluding carboxylic acids is 7. The Bertz CT molecular complexity index is 3150. The van der Waals surface area contributed by atoms with E-state index in [-0.39, 0.29) is 91.3 Å². The molecule has 4 aromatic carbocycles. The first-order chi connectivity index (χ1) is 32.9. The van der Waals surface area contributed by atoms with Crippen molar-refractivity contribution in [2.45, 2.75) is 39.8 Å². The standard InChI is InChI=1S/C50H52N8O10S/c1-29(2)28-68-50(65)53-40-16-10-15-36-38(24-51-42(36)40)44(59)48(63)57-20-18-56(27-31(57)4)47(62)34-14-9-13-33(21-34)35-22-37-39(25-52-43(37)41(23-35)54-69(5,66)67)45(60)49(64)58-19-17-55(26-30(58)3)46(61)32-11-7-6-8-12-32/h6-16,21-25,29-31,51-52,54H,17-20,26-28H2,1-5H3,(H,53,65)/t30-,31-/m1/s1. The van der Waals surface area contributed by atoms with E-state index < -0.39 is 51.6 Å². The number of anilines is 2. The van der Waals surface area contributed by atoms with Crippen molar-refractivity contribution in [3.8, 4) is 11.1 Å². The van der Waals surface area contributed by atoms with Crippen molar-refractivity contribution in [2.75, 3.05) is 62.2 Å². The predicted octanol–water partition coefficient (Wildman–Crippen LogP) is 6.00. The lowest BCUT2D eigenvalue weighted by Crippen LogP contribution is -2.56. The largest absolute Gasteiger partial charge is 0.449 e. The molecule has 0 saturated carbocycles. The van der Waals surface area contributed by atoms with Gasteiger partial charge < -0.3 is 34.3 Å². The molecule has 0 aliphatic carbocycles. The Morgan fingerprint density at radius 1 is 0.652 bits per heavy atom. The second kappa shape index (κ2) is 19.4. The van der Waals surface area contributed by atoms with Crippen molar-refractivity contribution in [3.05, 3.63) is 120 Å². The molecular weight excluding hydrogens is 905 g/mol. The summed E-state index contributed by atoms with van der Waals surface area (Å²) in [4.78, 5) is 107. The highest BCUT2D eigenvalue weighted by atomic mass is 32.2. The monoisotopic (exact) mass is 956 g/mol. The number of sulfonamides is 1. The van der Waals surface area contributed by atoms with Crippen LogP contribution in [0.1, 0.15) is 69.1 Å². The number of Topliss-reactive ketones (excluding diaryl/α,β-unsaturated/α-hetero) is 2. The van der Waals surface area contributed by atoms with Crippen LogP contribution < -0.4 is 10.0 Å². The highest BCUT2D eigenvalue weighted by Crippen LogP contribution is 2.35. The molecule has 2 aliphatic rings. The minimum Gasteiger partial charge on any atom is -0.449 e. The zero-order chi connectivity index (χ0) is 49.3. The van der Waals surface area contributed by atoms with Crippen molar-refractivity contribution < 1.29 is 46.7 Å². The molecule has 0 unspecified atom stereocenters. The Labute approximate surface area is 398 Å². The zero-order valence-electron chi connectivity index (χ0n) is 38.7. The van der Waals surface area contributed by atoms with E-state index >= 15 is 0 Å². The predicted molar refractivity (Wildman–Crippen MR) is 260 cm³/mol. The molecule has 2 aliphatic heterocycles. The van der Waals surface area contributed by atoms with Gasteiger partial charge in [-0.05, 0) is 73.4 Å². The average molecular weight is 957 g/mol. The normalized spacial score (nSPS) is 16.4. The van der Waals surface area contributed by atoms with Crippen LogP contribution in [0, 0.1) is 5.92 Å². The van der Waals surface area contributed by atoms with E-state index in [1.807, 2.05) is 19.9 Å². The molecule has 69 heavy (non-hydrogen) atoms. The lowest BCUT2D eigenvalue weighted by Gasteiger charge is -2.39. The maximum Gasteiger partial charge on any atom is 0.411 e. The van der Waals surface area contributed by atoms with Crippen LogP contribution in [0.15, 0.2) is 97.3 Å². The fraction of sp³-hybridized carbons (Fsp3) is 0.300. The number of benzene rings is 4. The molecule has 19 heteroatoms. The first kappa shape index (κ1) is 47.7. The number of H-pyrrole nitrogens is 2. The van der Waals surface area contributed by atoms with Crippen LogP contribution in [0.25, 0.3) is 32.9 Å². The number of nitrogens with one attached hydrogen (secondary N) is 4. The van der Waals surface area contributed by atoms with Gasteiger partial charge in [-0.15, -0.1) is 0 Å². The van der Waals surface area contributed by atoms with Gasteiger partial charge in [-0.25, -0.2) is 13.2 Å². The lowest BCUT2D eigenvalue weighted by atomic mass is 9.98. The molecule has 8 rings (SSSR count). The number of ketones is 2. The van der Waals surface area contributed by atoms with Gasteiger partial charge in [0.15, 0.2) is 0 Å². The van der Waals surface area contributed by atoms with Crippen molar-refractivity contribution in [1.82, 2.24) is 29.6 Å². The molecule has 4 N–H and O–H groups in total. The SMILES string of the molecule is CC(C)COC(=O)Nc1cccc2c(C(=O)C(=O)N3CCN(C(=O)c4cccc(-c5cc(NS(C)(=O)=O)c6[nH]cc(C(=O)C(=O)N7CCN(C(=O)c8ccccc8)C[C@H]7C)c6c5)c4)C[C@H]3C)c[nH]c12. The minimum absolute atomic E-state index is 0.0149. The van der Waals surface area contributed by atoms with Gasteiger partial charge in [0, 0.05) is 85.6 Å². The number of rotatable bonds is 12. The Morgan fingerprint density at radius 3 is 1.78 bits per heavy atom. The lowest BCUT2D eigenvalue weighted by molar-refractivity contribution is -0.130. The number of nitrogens with zero attached hydrogens (tertiary/aromatic N) is 4. The third-order valence-corrected chi connectivity index (χ3v) is 12.9. The molecule has 0 bridgehead atoms. The van der Waals surface area contributed by atoms with Gasteiger partial charge in [0.1, 0.15) is 0 Å². The van der Waals surface area contributed by atoms with Gasteiger partial charge in [0.2, 0.25) is 10.0 Å². The van der Waals surface area contributed by atoms with E-state index in [0.717, 1.165) is 6.26 Å². The van der Waals surface area contributed by atoms with Crippen LogP contribution in [0.2, 0.25) is 0 Å². The quantitative estimate of drug-likeness (QED) is 0.0825. The third-order valence-electron chi connectivity index (χ3n) is 12.3. The summed E-state index contributed by atoms with van der Waals surface area (Å²) in [7, 11) is -3.83. The van der Waals surface area contributed by atoms with Crippen molar-refractivity contribution in [3.63, 3.8) is 0 Å². The van der Waals surface area contributed by atoms with E-state index in [2.05, 4.69) is 20.0 Å². The van der Waals surface area contributed by atoms with Crippen molar-refractivity contribution in [1.29, 1.82) is 0 Å². The number of aromatic nitrogens is 2. The summed E-state index contributed by atoms with van der Waals surface area (Å²) in [6, 6.07) is 22.7. The van der Waals surface area contributed by atoms with Gasteiger partial charge in [0.25, 0.3) is 35.2 Å². The van der Waals surface area contributed by atoms with Crippen LogP contribution in [0.4, 0.5) is 16.2 Å². The second-order valence-electron chi connectivity index (χ2n) is 17.9. The van der Waals surface area contributed by atoms with Crippen molar-refractivity contribution in [2.24, 2.45) is 5.92 Å². The van der Waals surface area contributed by atoms with Gasteiger partial charge in [0.05, 0.1) is 46.4 Å². The maximum atomic E-state index is 14.1. The summed E-state index contributed by atoms with van der Waals surface area (Å²) in [5.41, 5.74) is 3.14. The Balaban J connectivity index is 0.973. The highest BCUT2D eigenvalue weighted by molar-refractivity contribution is 7.92. The summed E-state index contributed by atoms with van der Waals surface area (Å²) in [6.45, 7) is 8.48. The van der Waals surface area contributed by atoms with Crippen LogP contribution >= 0.6 is 0 Å². The van der Waals surface area contributed by atoms with E-state index in [4.69, 9.17) is 4.74 Å². The number of amides is 5. The fourth-order valence-electron chi connectivity index (χ4n) is 8.86. The number of carbonyl (C=O) groups is 7. The second-order valence-corrected chi connectivity index (χ2v) is 19.6. The van der Waals surface area contributed by atoms with E-state index in [1.54, 1.807) is 103 Å². The molecular formula is C50H52N8O10S.